The summed E-state index contributed by atoms with van der Waals surface area (Å²) in [6.45, 7) is 3.30. The number of nitrogens with one attached hydrogen (secondary N) is 1. The number of allylic oxidation sites excluding steroid dienone is 3. The summed E-state index contributed by atoms with van der Waals surface area (Å²) in [5.74, 6) is -1.67. The minimum atomic E-state index is -0.626. The number of anilines is 1. The van der Waals surface area contributed by atoms with E-state index < -0.39 is 24.5 Å². The van der Waals surface area contributed by atoms with Gasteiger partial charge >= 0.3 is 11.9 Å². The van der Waals surface area contributed by atoms with E-state index >= 15 is 0 Å². The molecule has 2 aromatic rings. The Morgan fingerprint density at radius 2 is 2.00 bits per heavy atom. The number of thiophene rings is 2. The zero-order valence-electron chi connectivity index (χ0n) is 14.9. The summed E-state index contributed by atoms with van der Waals surface area (Å²) < 4.78 is 9.99. The van der Waals surface area contributed by atoms with Gasteiger partial charge in [0, 0.05) is 21.9 Å². The predicted molar refractivity (Wildman–Crippen MR) is 107 cm³/mol. The molecular formula is C19H19NO5S2. The van der Waals surface area contributed by atoms with Crippen molar-refractivity contribution in [3.63, 3.8) is 0 Å². The first kappa shape index (κ1) is 20.6. The molecule has 6 nitrogen and oxygen atoms in total. The van der Waals surface area contributed by atoms with Gasteiger partial charge in [-0.1, -0.05) is 24.3 Å². The van der Waals surface area contributed by atoms with Gasteiger partial charge in [-0.2, -0.15) is 0 Å². The van der Waals surface area contributed by atoms with Gasteiger partial charge in [0.15, 0.2) is 6.61 Å². The highest BCUT2D eigenvalue weighted by molar-refractivity contribution is 7.17. The van der Waals surface area contributed by atoms with E-state index in [9.17, 15) is 14.4 Å². The fourth-order valence-electron chi connectivity index (χ4n) is 2.06. The fourth-order valence-corrected chi connectivity index (χ4v) is 3.85. The van der Waals surface area contributed by atoms with Crippen LogP contribution in [-0.2, 0) is 19.1 Å². The monoisotopic (exact) mass is 405 g/mol. The predicted octanol–water partition coefficient (Wildman–Crippen LogP) is 4.27. The van der Waals surface area contributed by atoms with Gasteiger partial charge in [0.1, 0.15) is 10.6 Å². The molecule has 0 aromatic carbocycles. The Bertz CT molecular complexity index is 850. The fraction of sp³-hybridized carbons (Fsp3) is 0.211. The van der Waals surface area contributed by atoms with E-state index in [1.54, 1.807) is 24.5 Å². The third kappa shape index (κ3) is 5.90. The Kier molecular flexibility index (Phi) is 7.97. The molecule has 2 rings (SSSR count). The minimum Gasteiger partial charge on any atom is -0.462 e. The highest BCUT2D eigenvalue weighted by Crippen LogP contribution is 2.38. The van der Waals surface area contributed by atoms with E-state index in [4.69, 9.17) is 9.47 Å². The van der Waals surface area contributed by atoms with Gasteiger partial charge in [-0.3, -0.25) is 4.79 Å². The molecular weight excluding hydrogens is 386 g/mol. The lowest BCUT2D eigenvalue weighted by Crippen LogP contribution is -2.21. The average Bonchev–Trinajstić information content (AvgIpc) is 3.30. The van der Waals surface area contributed by atoms with Crippen LogP contribution in [0.15, 0.2) is 47.2 Å². The van der Waals surface area contributed by atoms with Crippen LogP contribution >= 0.6 is 22.7 Å². The van der Waals surface area contributed by atoms with Crippen LogP contribution in [0.2, 0.25) is 0 Å². The number of amides is 1. The molecule has 0 unspecified atom stereocenters. The highest BCUT2D eigenvalue weighted by atomic mass is 32.1. The second kappa shape index (κ2) is 10.4. The quantitative estimate of drug-likeness (QED) is 0.403. The molecule has 27 heavy (non-hydrogen) atoms. The summed E-state index contributed by atoms with van der Waals surface area (Å²) in [6.07, 6.45) is 6.17. The molecule has 0 radical (unpaired) electrons. The van der Waals surface area contributed by atoms with Crippen LogP contribution in [-0.4, -0.2) is 31.1 Å². The second-order valence-electron chi connectivity index (χ2n) is 5.09. The molecule has 0 saturated carbocycles. The summed E-state index contributed by atoms with van der Waals surface area (Å²) in [6, 6.07) is 3.77. The molecule has 1 N–H and O–H groups in total. The first-order valence-electron chi connectivity index (χ1n) is 8.15. The number of carbonyl (C=O) groups is 3. The number of rotatable bonds is 8. The van der Waals surface area contributed by atoms with E-state index in [2.05, 4.69) is 5.32 Å². The molecule has 0 atom stereocenters. The van der Waals surface area contributed by atoms with E-state index in [0.717, 1.165) is 4.88 Å². The first-order chi connectivity index (χ1) is 13.1. The van der Waals surface area contributed by atoms with E-state index in [-0.39, 0.29) is 6.61 Å². The Hall–Kier alpha value is -2.71. The maximum atomic E-state index is 12.4. The maximum absolute atomic E-state index is 12.4. The van der Waals surface area contributed by atoms with Crippen molar-refractivity contribution in [2.24, 2.45) is 0 Å². The number of carbonyl (C=O) groups excluding carboxylic acids is 3. The van der Waals surface area contributed by atoms with E-state index in [0.29, 0.717) is 16.1 Å². The summed E-state index contributed by atoms with van der Waals surface area (Å²) in [4.78, 5) is 36.9. The SMILES string of the molecule is C/C=C/C=C/C(=O)OCC(=O)Nc1scc(-c2cccs2)c1C(=O)OCC. The first-order valence-corrected chi connectivity index (χ1v) is 9.91. The zero-order valence-corrected chi connectivity index (χ0v) is 16.5. The smallest absolute Gasteiger partial charge is 0.341 e. The van der Waals surface area contributed by atoms with E-state index in [1.165, 1.54) is 34.8 Å². The summed E-state index contributed by atoms with van der Waals surface area (Å²) >= 11 is 2.70. The van der Waals surface area contributed by atoms with Gasteiger partial charge in [-0.05, 0) is 25.3 Å². The largest absolute Gasteiger partial charge is 0.462 e. The molecule has 0 fully saturated rings. The van der Waals surface area contributed by atoms with Gasteiger partial charge in [0.25, 0.3) is 5.91 Å². The molecule has 0 aliphatic heterocycles. The molecule has 2 heterocycles. The van der Waals surface area contributed by atoms with Crippen LogP contribution in [0.1, 0.15) is 24.2 Å². The minimum absolute atomic E-state index is 0.224. The zero-order chi connectivity index (χ0) is 19.6. The van der Waals surface area contributed by atoms with Crippen LogP contribution in [0.4, 0.5) is 5.00 Å². The van der Waals surface area contributed by atoms with Gasteiger partial charge in [0.2, 0.25) is 0 Å². The van der Waals surface area contributed by atoms with Crippen LogP contribution in [0.5, 0.6) is 0 Å². The van der Waals surface area contributed by atoms with Crippen molar-refractivity contribution in [1.29, 1.82) is 0 Å². The van der Waals surface area contributed by atoms with Crippen molar-refractivity contribution in [1.82, 2.24) is 0 Å². The molecule has 0 bridgehead atoms. The lowest BCUT2D eigenvalue weighted by atomic mass is 10.1. The van der Waals surface area contributed by atoms with Gasteiger partial charge in [0.05, 0.1) is 6.61 Å². The molecule has 1 amide bonds. The van der Waals surface area contributed by atoms with Gasteiger partial charge in [-0.15, -0.1) is 22.7 Å². The standard InChI is InChI=1S/C19H19NO5S2/c1-3-5-6-9-16(22)25-11-15(21)20-18-17(19(23)24-4-2)13(12-27-18)14-8-7-10-26-14/h3,5-10,12H,4,11H2,1-2H3,(H,20,21)/b5-3+,9-6+. The number of hydrogen-bond donors (Lipinski definition) is 1. The van der Waals surface area contributed by atoms with Crippen molar-refractivity contribution in [2.75, 3.05) is 18.5 Å². The Labute approximate surface area is 165 Å². The molecule has 142 valence electrons. The van der Waals surface area contributed by atoms with Crippen molar-refractivity contribution in [3.05, 3.63) is 52.8 Å². The summed E-state index contributed by atoms with van der Waals surface area (Å²) in [5, 5.41) is 6.68. The lowest BCUT2D eigenvalue weighted by Gasteiger charge is -2.08. The van der Waals surface area contributed by atoms with Gasteiger partial charge < -0.3 is 14.8 Å². The number of hydrogen-bond acceptors (Lipinski definition) is 7. The third-order valence-electron chi connectivity index (χ3n) is 3.19. The highest BCUT2D eigenvalue weighted by Gasteiger charge is 2.23. The molecule has 0 spiro atoms. The van der Waals surface area contributed by atoms with Crippen molar-refractivity contribution in [2.45, 2.75) is 13.8 Å². The van der Waals surface area contributed by atoms with E-state index in [1.807, 2.05) is 24.4 Å². The molecule has 8 heteroatoms. The van der Waals surface area contributed by atoms with Crippen molar-refractivity contribution >= 4 is 45.5 Å². The molecule has 0 aliphatic rings. The molecule has 0 aliphatic carbocycles. The topological polar surface area (TPSA) is 81.7 Å². The molecule has 0 saturated heterocycles. The third-order valence-corrected chi connectivity index (χ3v) is 4.99. The number of esters is 2. The Morgan fingerprint density at radius 1 is 1.19 bits per heavy atom. The normalized spacial score (nSPS) is 11.0. The Morgan fingerprint density at radius 3 is 2.67 bits per heavy atom. The lowest BCUT2D eigenvalue weighted by molar-refractivity contribution is -0.142. The van der Waals surface area contributed by atoms with Crippen LogP contribution in [0, 0.1) is 0 Å². The van der Waals surface area contributed by atoms with Crippen LogP contribution in [0.3, 0.4) is 0 Å². The van der Waals surface area contributed by atoms with Crippen LogP contribution < -0.4 is 5.32 Å². The second-order valence-corrected chi connectivity index (χ2v) is 6.92. The average molecular weight is 405 g/mol. The van der Waals surface area contributed by atoms with Crippen molar-refractivity contribution in [3.8, 4) is 10.4 Å². The molecule has 2 aromatic heterocycles. The number of ether oxygens (including phenoxy) is 2. The van der Waals surface area contributed by atoms with Gasteiger partial charge in [-0.25, -0.2) is 9.59 Å². The summed E-state index contributed by atoms with van der Waals surface area (Å²) in [5.41, 5.74) is 1.01. The maximum Gasteiger partial charge on any atom is 0.341 e. The Balaban J connectivity index is 2.10. The summed E-state index contributed by atoms with van der Waals surface area (Å²) in [7, 11) is 0. The van der Waals surface area contributed by atoms with Crippen molar-refractivity contribution < 1.29 is 23.9 Å². The van der Waals surface area contributed by atoms with Crippen LogP contribution in [0.25, 0.3) is 10.4 Å².